The first-order valence-corrected chi connectivity index (χ1v) is 5.46. The van der Waals surface area contributed by atoms with E-state index in [9.17, 15) is 13.2 Å². The average Bonchev–Trinajstić information content (AvgIpc) is 2.50. The first kappa shape index (κ1) is 12.5. The Morgan fingerprint density at radius 3 is 2.13 bits per heavy atom. The van der Waals surface area contributed by atoms with Crippen LogP contribution in [-0.2, 0) is 11.6 Å². The van der Waals surface area contributed by atoms with E-state index in [0.29, 0.717) is 13.0 Å². The molecule has 1 nitrogen and oxygen atoms in total. The Labute approximate surface area is 91.1 Å². The van der Waals surface area contributed by atoms with E-state index < -0.39 is 11.1 Å². The summed E-state index contributed by atoms with van der Waals surface area (Å²) in [6.45, 7) is 4.30. The van der Waals surface area contributed by atoms with Crippen molar-refractivity contribution < 1.29 is 13.2 Å². The van der Waals surface area contributed by atoms with Crippen LogP contribution in [0.4, 0.5) is 13.2 Å². The minimum absolute atomic E-state index is 0.275. The molecule has 1 aromatic heterocycles. The minimum atomic E-state index is -4.23. The van der Waals surface area contributed by atoms with E-state index in [1.54, 1.807) is 6.07 Å². The van der Waals surface area contributed by atoms with Gasteiger partial charge in [-0.05, 0) is 25.1 Å². The molecule has 0 spiro atoms. The zero-order chi connectivity index (χ0) is 11.7. The van der Waals surface area contributed by atoms with Crippen LogP contribution in [0.1, 0.15) is 30.0 Å². The van der Waals surface area contributed by atoms with Crippen LogP contribution in [0.2, 0.25) is 0 Å². The molecule has 1 heterocycles. The molecule has 86 valence electrons. The number of nitrogens with two attached hydrogens (primary N) is 1. The summed E-state index contributed by atoms with van der Waals surface area (Å²) in [6.07, 6.45) is -3.55. The van der Waals surface area contributed by atoms with Crippen molar-refractivity contribution in [2.75, 3.05) is 6.54 Å². The van der Waals surface area contributed by atoms with Crippen LogP contribution in [0.15, 0.2) is 12.1 Å². The van der Waals surface area contributed by atoms with Gasteiger partial charge in [-0.1, -0.05) is 13.8 Å². The van der Waals surface area contributed by atoms with Crippen LogP contribution in [0.5, 0.6) is 0 Å². The number of hydrogen-bond acceptors (Lipinski definition) is 2. The fourth-order valence-electron chi connectivity index (χ4n) is 1.34. The molecule has 0 aliphatic carbocycles. The van der Waals surface area contributed by atoms with Crippen molar-refractivity contribution in [3.8, 4) is 0 Å². The Morgan fingerprint density at radius 1 is 1.20 bits per heavy atom. The van der Waals surface area contributed by atoms with Crippen molar-refractivity contribution in [3.05, 3.63) is 21.9 Å². The number of hydrogen-bond donors (Lipinski definition) is 1. The molecule has 15 heavy (non-hydrogen) atoms. The molecular formula is C10H14F3NS. The first-order chi connectivity index (χ1) is 6.77. The molecule has 5 heteroatoms. The second-order valence-corrected chi connectivity index (χ2v) is 5.17. The zero-order valence-electron chi connectivity index (χ0n) is 8.69. The Bertz CT molecular complexity index is 328. The minimum Gasteiger partial charge on any atom is -0.330 e. The van der Waals surface area contributed by atoms with Crippen molar-refractivity contribution >= 4 is 11.3 Å². The van der Waals surface area contributed by atoms with Gasteiger partial charge in [0.05, 0.1) is 0 Å². The first-order valence-electron chi connectivity index (χ1n) is 4.65. The summed E-state index contributed by atoms with van der Waals surface area (Å²) >= 11 is 0.806. The number of halogens is 3. The van der Waals surface area contributed by atoms with E-state index in [0.717, 1.165) is 22.3 Å². The number of alkyl halides is 3. The quantitative estimate of drug-likeness (QED) is 0.856. The predicted octanol–water partition coefficient (Wildman–Crippen LogP) is 3.39. The van der Waals surface area contributed by atoms with Gasteiger partial charge >= 0.3 is 6.18 Å². The van der Waals surface area contributed by atoms with Gasteiger partial charge in [-0.25, -0.2) is 0 Å². The topological polar surface area (TPSA) is 26.0 Å². The standard InChI is InChI=1S/C10H14F3NS/c1-9(2,5-6-14)7-3-4-8(15-7)10(11,12)13/h3-4H,5-6,14H2,1-2H3. The summed E-state index contributed by atoms with van der Waals surface area (Å²) < 4.78 is 37.1. The van der Waals surface area contributed by atoms with E-state index in [1.807, 2.05) is 13.8 Å². The average molecular weight is 237 g/mol. The Kier molecular flexibility index (Phi) is 3.45. The molecule has 2 N–H and O–H groups in total. The molecule has 0 fully saturated rings. The van der Waals surface area contributed by atoms with Crippen molar-refractivity contribution in [1.82, 2.24) is 0 Å². The molecule has 1 rings (SSSR count). The highest BCUT2D eigenvalue weighted by Crippen LogP contribution is 2.39. The lowest BCUT2D eigenvalue weighted by molar-refractivity contribution is -0.134. The normalized spacial score (nSPS) is 13.2. The van der Waals surface area contributed by atoms with Gasteiger partial charge in [0, 0.05) is 10.3 Å². The lowest BCUT2D eigenvalue weighted by Gasteiger charge is -2.22. The van der Waals surface area contributed by atoms with Gasteiger partial charge in [0.15, 0.2) is 0 Å². The summed E-state index contributed by atoms with van der Waals surface area (Å²) in [5.74, 6) is 0. The second-order valence-electron chi connectivity index (χ2n) is 4.08. The predicted molar refractivity (Wildman–Crippen MR) is 56.0 cm³/mol. The van der Waals surface area contributed by atoms with Gasteiger partial charge < -0.3 is 5.73 Å². The van der Waals surface area contributed by atoms with Crippen molar-refractivity contribution in [2.24, 2.45) is 5.73 Å². The maximum atomic E-state index is 12.4. The number of rotatable bonds is 3. The van der Waals surface area contributed by atoms with Crippen LogP contribution < -0.4 is 5.73 Å². The van der Waals surface area contributed by atoms with Gasteiger partial charge in [0.1, 0.15) is 4.88 Å². The van der Waals surface area contributed by atoms with E-state index in [1.165, 1.54) is 0 Å². The fourth-order valence-corrected chi connectivity index (χ4v) is 2.34. The zero-order valence-corrected chi connectivity index (χ0v) is 9.50. The van der Waals surface area contributed by atoms with Gasteiger partial charge in [0.25, 0.3) is 0 Å². The maximum absolute atomic E-state index is 12.4. The highest BCUT2D eigenvalue weighted by molar-refractivity contribution is 7.12. The number of thiophene rings is 1. The van der Waals surface area contributed by atoms with Crippen LogP contribution >= 0.6 is 11.3 Å². The molecule has 1 aromatic rings. The van der Waals surface area contributed by atoms with Crippen LogP contribution in [-0.4, -0.2) is 6.54 Å². The lowest BCUT2D eigenvalue weighted by Crippen LogP contribution is -2.20. The Balaban J connectivity index is 2.94. The Hall–Kier alpha value is -0.550. The van der Waals surface area contributed by atoms with Crippen LogP contribution in [0.25, 0.3) is 0 Å². The summed E-state index contributed by atoms with van der Waals surface area (Å²) in [4.78, 5) is 0.197. The van der Waals surface area contributed by atoms with E-state index in [4.69, 9.17) is 5.73 Å². The van der Waals surface area contributed by atoms with Crippen molar-refractivity contribution in [2.45, 2.75) is 31.9 Å². The van der Waals surface area contributed by atoms with Gasteiger partial charge in [-0.3, -0.25) is 0 Å². The van der Waals surface area contributed by atoms with Gasteiger partial charge in [0.2, 0.25) is 0 Å². The molecule has 0 amide bonds. The molecule has 0 saturated carbocycles. The smallest absolute Gasteiger partial charge is 0.330 e. The summed E-state index contributed by atoms with van der Waals surface area (Å²) in [5.41, 5.74) is 5.15. The van der Waals surface area contributed by atoms with Gasteiger partial charge in [-0.15, -0.1) is 11.3 Å². The van der Waals surface area contributed by atoms with E-state index in [2.05, 4.69) is 0 Å². The largest absolute Gasteiger partial charge is 0.425 e. The fraction of sp³-hybridized carbons (Fsp3) is 0.600. The molecule has 0 bridgehead atoms. The molecule has 0 saturated heterocycles. The highest BCUT2D eigenvalue weighted by atomic mass is 32.1. The molecule has 0 aliphatic rings. The summed E-state index contributed by atoms with van der Waals surface area (Å²) in [5, 5.41) is 0. The van der Waals surface area contributed by atoms with Crippen LogP contribution in [0.3, 0.4) is 0 Å². The SMILES string of the molecule is CC(C)(CCN)c1ccc(C(F)(F)F)s1. The molecule has 0 aromatic carbocycles. The lowest BCUT2D eigenvalue weighted by atomic mass is 9.88. The van der Waals surface area contributed by atoms with Crippen molar-refractivity contribution in [1.29, 1.82) is 0 Å². The molecule has 0 radical (unpaired) electrons. The molecule has 0 unspecified atom stereocenters. The van der Waals surface area contributed by atoms with Crippen LogP contribution in [0, 0.1) is 0 Å². The highest BCUT2D eigenvalue weighted by Gasteiger charge is 2.34. The molecule has 0 aliphatic heterocycles. The van der Waals surface area contributed by atoms with Crippen molar-refractivity contribution in [3.63, 3.8) is 0 Å². The molecular weight excluding hydrogens is 223 g/mol. The summed E-state index contributed by atoms with van der Waals surface area (Å²) in [6, 6.07) is 2.68. The summed E-state index contributed by atoms with van der Waals surface area (Å²) in [7, 11) is 0. The van der Waals surface area contributed by atoms with Gasteiger partial charge in [-0.2, -0.15) is 13.2 Å². The monoisotopic (exact) mass is 237 g/mol. The third kappa shape index (κ3) is 2.95. The maximum Gasteiger partial charge on any atom is 0.425 e. The van der Waals surface area contributed by atoms with E-state index in [-0.39, 0.29) is 5.41 Å². The second kappa shape index (κ2) is 4.14. The third-order valence-corrected chi connectivity index (χ3v) is 3.82. The molecule has 0 atom stereocenters. The third-order valence-electron chi connectivity index (χ3n) is 2.32. The van der Waals surface area contributed by atoms with E-state index >= 15 is 0 Å². The Morgan fingerprint density at radius 2 is 1.73 bits per heavy atom.